The van der Waals surface area contributed by atoms with Gasteiger partial charge in [0, 0.05) is 0 Å². The van der Waals surface area contributed by atoms with E-state index >= 15 is 0 Å². The predicted octanol–water partition coefficient (Wildman–Crippen LogP) is 2.16. The van der Waals surface area contributed by atoms with Gasteiger partial charge in [0.2, 0.25) is 0 Å². The van der Waals surface area contributed by atoms with Gasteiger partial charge in [-0.15, -0.1) is 0 Å². The number of rotatable bonds is 2. The number of halogens is 1. The van der Waals surface area contributed by atoms with Gasteiger partial charge in [0.25, 0.3) is 5.69 Å². The van der Waals surface area contributed by atoms with Crippen molar-refractivity contribution in [3.63, 3.8) is 0 Å². The Bertz CT molecular complexity index is 351. The molecule has 0 aliphatic carbocycles. The quantitative estimate of drug-likeness (QED) is 0.642. The van der Waals surface area contributed by atoms with Gasteiger partial charge >= 0.3 is 0 Å². The van der Waals surface area contributed by atoms with Crippen LogP contribution in [0, 0.1) is 17.0 Å². The first-order valence-electron chi connectivity index (χ1n) is 3.61. The van der Waals surface area contributed by atoms with Gasteiger partial charge in [0.05, 0.1) is 21.6 Å². The van der Waals surface area contributed by atoms with E-state index in [2.05, 4.69) is 15.9 Å². The minimum absolute atomic E-state index is 0.0532. The van der Waals surface area contributed by atoms with Crippen molar-refractivity contribution in [1.29, 1.82) is 0 Å². The highest BCUT2D eigenvalue weighted by atomic mass is 79.9. The first-order chi connectivity index (χ1) is 6.07. The van der Waals surface area contributed by atoms with E-state index in [1.807, 2.05) is 0 Å². The summed E-state index contributed by atoms with van der Waals surface area (Å²) in [7, 11) is 0. The van der Waals surface area contributed by atoms with Crippen LogP contribution in [0.5, 0.6) is 0 Å². The summed E-state index contributed by atoms with van der Waals surface area (Å²) in [5.74, 6) is 0. The van der Waals surface area contributed by atoms with Crippen molar-refractivity contribution >= 4 is 21.6 Å². The molecule has 0 aliphatic heterocycles. The highest BCUT2D eigenvalue weighted by Crippen LogP contribution is 2.30. The minimum atomic E-state index is -0.497. The maximum absolute atomic E-state index is 10.6. The molecule has 0 heterocycles. The van der Waals surface area contributed by atoms with Crippen molar-refractivity contribution in [2.75, 3.05) is 0 Å². The molecule has 0 atom stereocenters. The normalized spacial score (nSPS) is 10.1. The number of nitro groups is 1. The Labute approximate surface area is 83.5 Å². The lowest BCUT2D eigenvalue weighted by Crippen LogP contribution is -1.98. The number of hydrogen-bond acceptors (Lipinski definition) is 3. The van der Waals surface area contributed by atoms with Crippen molar-refractivity contribution in [2.45, 2.75) is 13.5 Å². The Morgan fingerprint density at radius 1 is 1.62 bits per heavy atom. The second-order valence-electron chi connectivity index (χ2n) is 2.61. The van der Waals surface area contributed by atoms with Crippen molar-refractivity contribution in [1.82, 2.24) is 0 Å². The summed E-state index contributed by atoms with van der Waals surface area (Å²) >= 11 is 3.07. The molecule has 0 saturated carbocycles. The monoisotopic (exact) mass is 245 g/mol. The van der Waals surface area contributed by atoms with Gasteiger partial charge in [0.1, 0.15) is 0 Å². The molecule has 0 bridgehead atoms. The lowest BCUT2D eigenvalue weighted by Gasteiger charge is -2.04. The lowest BCUT2D eigenvalue weighted by molar-refractivity contribution is -0.386. The number of nitro benzene ring substituents is 1. The van der Waals surface area contributed by atoms with Gasteiger partial charge in [-0.05, 0) is 34.5 Å². The second-order valence-corrected chi connectivity index (χ2v) is 3.46. The van der Waals surface area contributed by atoms with E-state index in [0.29, 0.717) is 10.0 Å². The second kappa shape index (κ2) is 3.85. The smallest absolute Gasteiger partial charge is 0.289 e. The largest absolute Gasteiger partial charge is 0.391 e. The van der Waals surface area contributed by atoms with Crippen LogP contribution < -0.4 is 0 Å². The minimum Gasteiger partial charge on any atom is -0.391 e. The molecule has 0 unspecified atom stereocenters. The maximum atomic E-state index is 10.6. The van der Waals surface area contributed by atoms with Gasteiger partial charge in [-0.25, -0.2) is 0 Å². The van der Waals surface area contributed by atoms with Crippen LogP contribution in [0.2, 0.25) is 0 Å². The number of aliphatic hydroxyl groups is 1. The summed E-state index contributed by atoms with van der Waals surface area (Å²) in [6.45, 7) is 1.41. The van der Waals surface area contributed by atoms with Crippen LogP contribution in [0.15, 0.2) is 16.6 Å². The van der Waals surface area contributed by atoms with E-state index in [4.69, 9.17) is 5.11 Å². The number of hydrogen-bond donors (Lipinski definition) is 1. The molecule has 13 heavy (non-hydrogen) atoms. The fourth-order valence-corrected chi connectivity index (χ4v) is 1.62. The van der Waals surface area contributed by atoms with Gasteiger partial charge in [-0.2, -0.15) is 0 Å². The number of benzene rings is 1. The molecule has 0 radical (unpaired) electrons. The van der Waals surface area contributed by atoms with Gasteiger partial charge in [-0.1, -0.05) is 6.07 Å². The average molecular weight is 246 g/mol. The van der Waals surface area contributed by atoms with E-state index in [9.17, 15) is 10.1 Å². The van der Waals surface area contributed by atoms with Crippen LogP contribution in [-0.4, -0.2) is 10.0 Å². The van der Waals surface area contributed by atoms with E-state index < -0.39 is 4.92 Å². The third-order valence-electron chi connectivity index (χ3n) is 1.81. The van der Waals surface area contributed by atoms with E-state index in [1.54, 1.807) is 19.1 Å². The Morgan fingerprint density at radius 2 is 2.23 bits per heavy atom. The average Bonchev–Trinajstić information content (AvgIpc) is 2.07. The maximum Gasteiger partial charge on any atom is 0.289 e. The van der Waals surface area contributed by atoms with Crippen molar-refractivity contribution in [3.8, 4) is 0 Å². The SMILES string of the molecule is Cc1ccc(Br)c([N+](=O)[O-])c1CO. The Morgan fingerprint density at radius 3 is 2.62 bits per heavy atom. The molecular formula is C8H8BrNO3. The molecule has 1 aromatic rings. The third-order valence-corrected chi connectivity index (χ3v) is 2.45. The van der Waals surface area contributed by atoms with Crippen molar-refractivity contribution in [2.24, 2.45) is 0 Å². The topological polar surface area (TPSA) is 63.4 Å². The summed E-state index contributed by atoms with van der Waals surface area (Å²) in [6.07, 6.45) is 0. The summed E-state index contributed by atoms with van der Waals surface area (Å²) in [5, 5.41) is 19.6. The molecule has 5 heteroatoms. The lowest BCUT2D eigenvalue weighted by atomic mass is 10.1. The molecule has 70 valence electrons. The first-order valence-corrected chi connectivity index (χ1v) is 4.40. The van der Waals surface area contributed by atoms with Gasteiger partial charge < -0.3 is 5.11 Å². The molecular weight excluding hydrogens is 238 g/mol. The summed E-state index contributed by atoms with van der Waals surface area (Å²) in [4.78, 5) is 10.1. The van der Waals surface area contributed by atoms with Crippen LogP contribution in [0.4, 0.5) is 5.69 Å². The third kappa shape index (κ3) is 1.87. The molecule has 0 amide bonds. The van der Waals surface area contributed by atoms with Crippen LogP contribution in [-0.2, 0) is 6.61 Å². The number of nitrogens with zero attached hydrogens (tertiary/aromatic N) is 1. The first kappa shape index (κ1) is 10.1. The molecule has 1 aromatic carbocycles. The van der Waals surface area contributed by atoms with E-state index in [1.165, 1.54) is 0 Å². The predicted molar refractivity (Wildman–Crippen MR) is 51.5 cm³/mol. The number of aryl methyl sites for hydroxylation is 1. The molecule has 0 aromatic heterocycles. The van der Waals surface area contributed by atoms with E-state index in [0.717, 1.165) is 5.56 Å². The highest BCUT2D eigenvalue weighted by molar-refractivity contribution is 9.10. The summed E-state index contributed by atoms with van der Waals surface area (Å²) in [6, 6.07) is 3.33. The Kier molecular flexibility index (Phi) is 3.00. The van der Waals surface area contributed by atoms with Crippen LogP contribution >= 0.6 is 15.9 Å². The zero-order valence-corrected chi connectivity index (χ0v) is 8.54. The highest BCUT2D eigenvalue weighted by Gasteiger charge is 2.19. The Hall–Kier alpha value is -0.940. The molecule has 1 N–H and O–H groups in total. The molecule has 4 nitrogen and oxygen atoms in total. The zero-order valence-electron chi connectivity index (χ0n) is 6.95. The van der Waals surface area contributed by atoms with Crippen molar-refractivity contribution in [3.05, 3.63) is 37.8 Å². The van der Waals surface area contributed by atoms with Crippen LogP contribution in [0.25, 0.3) is 0 Å². The number of aliphatic hydroxyl groups excluding tert-OH is 1. The Balaban J connectivity index is 3.43. The molecule has 0 spiro atoms. The fourth-order valence-electron chi connectivity index (χ4n) is 1.11. The van der Waals surface area contributed by atoms with Crippen molar-refractivity contribution < 1.29 is 10.0 Å². The van der Waals surface area contributed by atoms with E-state index in [-0.39, 0.29) is 12.3 Å². The zero-order chi connectivity index (χ0) is 10.0. The van der Waals surface area contributed by atoms with Crippen LogP contribution in [0.3, 0.4) is 0 Å². The molecule has 0 aliphatic rings. The molecule has 1 rings (SSSR count). The van der Waals surface area contributed by atoms with Gasteiger partial charge in [0.15, 0.2) is 0 Å². The molecule has 0 saturated heterocycles. The fraction of sp³-hybridized carbons (Fsp3) is 0.250. The standard InChI is InChI=1S/C8H8BrNO3/c1-5-2-3-7(9)8(10(12)13)6(5)4-11/h2-3,11H,4H2,1H3. The van der Waals surface area contributed by atoms with Crippen LogP contribution in [0.1, 0.15) is 11.1 Å². The van der Waals surface area contributed by atoms with Gasteiger partial charge in [-0.3, -0.25) is 10.1 Å². The molecule has 0 fully saturated rings. The summed E-state index contributed by atoms with van der Waals surface area (Å²) < 4.78 is 0.396. The summed E-state index contributed by atoms with van der Waals surface area (Å²) in [5.41, 5.74) is 1.03.